The van der Waals surface area contributed by atoms with Crippen molar-refractivity contribution < 1.29 is 4.43 Å². The second kappa shape index (κ2) is 5.69. The Bertz CT molecular complexity index is 369. The first-order chi connectivity index (χ1) is 7.82. The van der Waals surface area contributed by atoms with Gasteiger partial charge in [0.25, 0.3) is 0 Å². The zero-order chi connectivity index (χ0) is 13.1. The summed E-state index contributed by atoms with van der Waals surface area (Å²) < 4.78 is 5.65. The molecule has 0 aromatic heterocycles. The Morgan fingerprint density at radius 2 is 1.88 bits per heavy atom. The lowest BCUT2D eigenvalue weighted by molar-refractivity contribution is 0.357. The highest BCUT2D eigenvalue weighted by atomic mass is 28.3. The summed E-state index contributed by atoms with van der Waals surface area (Å²) in [5.41, 5.74) is 4.10. The van der Waals surface area contributed by atoms with Crippen LogP contribution in [-0.4, -0.2) is 15.8 Å². The molecule has 1 aromatic carbocycles. The summed E-state index contributed by atoms with van der Waals surface area (Å²) in [6, 6.07) is 6.44. The number of hydrogen-bond acceptors (Lipinski definition) is 2. The van der Waals surface area contributed by atoms with E-state index in [4.69, 9.17) is 4.43 Å². The van der Waals surface area contributed by atoms with Crippen molar-refractivity contribution in [1.29, 1.82) is 0 Å². The molecule has 1 aromatic rings. The van der Waals surface area contributed by atoms with Gasteiger partial charge >= 0.3 is 0 Å². The van der Waals surface area contributed by atoms with E-state index in [0.717, 1.165) is 0 Å². The smallest absolute Gasteiger partial charge is 0.173 e. The second-order valence-electron chi connectivity index (χ2n) is 5.76. The van der Waals surface area contributed by atoms with Gasteiger partial charge in [0.05, 0.1) is 0 Å². The van der Waals surface area contributed by atoms with Crippen LogP contribution in [0.4, 0.5) is 5.69 Å². The summed E-state index contributed by atoms with van der Waals surface area (Å²) in [6.07, 6.45) is 0. The van der Waals surface area contributed by atoms with Gasteiger partial charge in [-0.15, -0.1) is 0 Å². The van der Waals surface area contributed by atoms with Crippen molar-refractivity contribution in [3.8, 4) is 0 Å². The summed E-state index contributed by atoms with van der Waals surface area (Å²) in [6.45, 7) is 13.9. The number of hydrogen-bond donors (Lipinski definition) is 1. The predicted octanol–water partition coefficient (Wildman–Crippen LogP) is 3.66. The van der Waals surface area contributed by atoms with Gasteiger partial charge in [0.1, 0.15) is 6.73 Å². The van der Waals surface area contributed by atoms with E-state index in [2.05, 4.69) is 64.3 Å². The van der Waals surface area contributed by atoms with E-state index in [1.54, 1.807) is 0 Å². The first-order valence-electron chi connectivity index (χ1n) is 6.28. The van der Waals surface area contributed by atoms with Crippen molar-refractivity contribution in [2.24, 2.45) is 0 Å². The minimum atomic E-state index is -0.936. The maximum Gasteiger partial charge on any atom is 0.173 e. The quantitative estimate of drug-likeness (QED) is 0.651. The molecule has 0 unspecified atom stereocenters. The monoisotopic (exact) mass is 251 g/mol. The molecular weight excluding hydrogens is 226 g/mol. The Morgan fingerprint density at radius 3 is 2.41 bits per heavy atom. The third kappa shape index (κ3) is 4.17. The first kappa shape index (κ1) is 14.3. The Balaban J connectivity index is 2.81. The number of benzene rings is 1. The molecule has 0 bridgehead atoms. The standard InChI is InChI=1S/C14H25NOSi/c1-11-12(14(2,3)4)8-7-9-13(11)15-10-16-17(5)6/h7-9,15,17H,10H2,1-6H3. The van der Waals surface area contributed by atoms with Crippen LogP contribution in [0.3, 0.4) is 0 Å². The minimum Gasteiger partial charge on any atom is -0.404 e. The van der Waals surface area contributed by atoms with E-state index in [9.17, 15) is 0 Å². The average molecular weight is 251 g/mol. The maximum absolute atomic E-state index is 5.65. The molecule has 0 aliphatic rings. The van der Waals surface area contributed by atoms with Crippen molar-refractivity contribution in [2.75, 3.05) is 12.0 Å². The van der Waals surface area contributed by atoms with Crippen molar-refractivity contribution in [1.82, 2.24) is 0 Å². The third-order valence-electron chi connectivity index (χ3n) is 2.82. The zero-order valence-corrected chi connectivity index (χ0v) is 13.1. The van der Waals surface area contributed by atoms with Crippen LogP contribution in [0.1, 0.15) is 31.9 Å². The Labute approximate surface area is 107 Å². The van der Waals surface area contributed by atoms with Gasteiger partial charge in [0, 0.05) is 5.69 Å². The Morgan fingerprint density at radius 1 is 1.24 bits per heavy atom. The number of anilines is 1. The van der Waals surface area contributed by atoms with Crippen LogP contribution < -0.4 is 5.32 Å². The molecule has 0 spiro atoms. The van der Waals surface area contributed by atoms with Crippen molar-refractivity contribution >= 4 is 14.7 Å². The average Bonchev–Trinajstić information content (AvgIpc) is 2.18. The highest BCUT2D eigenvalue weighted by Crippen LogP contribution is 2.29. The fourth-order valence-electron chi connectivity index (χ4n) is 1.93. The van der Waals surface area contributed by atoms with Gasteiger partial charge in [-0.2, -0.15) is 0 Å². The molecule has 0 heterocycles. The summed E-state index contributed by atoms with van der Waals surface area (Å²) >= 11 is 0. The van der Waals surface area contributed by atoms with Gasteiger partial charge in [0.15, 0.2) is 9.04 Å². The molecule has 0 fully saturated rings. The van der Waals surface area contributed by atoms with E-state index in [-0.39, 0.29) is 5.41 Å². The SMILES string of the molecule is Cc1c(NCO[SiH](C)C)cccc1C(C)(C)C. The second-order valence-corrected chi connectivity index (χ2v) is 8.20. The van der Waals surface area contributed by atoms with Crippen LogP contribution in [0.25, 0.3) is 0 Å². The number of rotatable bonds is 4. The molecule has 0 aliphatic heterocycles. The highest BCUT2D eigenvalue weighted by Gasteiger charge is 2.17. The van der Waals surface area contributed by atoms with Gasteiger partial charge in [0.2, 0.25) is 0 Å². The van der Waals surface area contributed by atoms with E-state index >= 15 is 0 Å². The van der Waals surface area contributed by atoms with E-state index < -0.39 is 9.04 Å². The van der Waals surface area contributed by atoms with Gasteiger partial charge in [-0.25, -0.2) is 0 Å². The normalized spacial score (nSPS) is 11.9. The van der Waals surface area contributed by atoms with Crippen LogP contribution in [0.2, 0.25) is 13.1 Å². The van der Waals surface area contributed by atoms with Gasteiger partial charge < -0.3 is 9.74 Å². The van der Waals surface area contributed by atoms with Crippen LogP contribution >= 0.6 is 0 Å². The largest absolute Gasteiger partial charge is 0.404 e. The lowest BCUT2D eigenvalue weighted by Gasteiger charge is -2.24. The molecule has 0 aliphatic carbocycles. The molecule has 17 heavy (non-hydrogen) atoms. The molecule has 0 amide bonds. The zero-order valence-electron chi connectivity index (χ0n) is 11.9. The van der Waals surface area contributed by atoms with Crippen LogP contribution in [0, 0.1) is 6.92 Å². The summed E-state index contributed by atoms with van der Waals surface area (Å²) in [5.74, 6) is 0. The van der Waals surface area contributed by atoms with Gasteiger partial charge in [-0.05, 0) is 42.6 Å². The van der Waals surface area contributed by atoms with Crippen molar-refractivity contribution in [3.05, 3.63) is 29.3 Å². The van der Waals surface area contributed by atoms with Crippen LogP contribution in [0.5, 0.6) is 0 Å². The molecule has 0 atom stereocenters. The Hall–Kier alpha value is -0.803. The molecule has 0 radical (unpaired) electrons. The predicted molar refractivity (Wildman–Crippen MR) is 78.3 cm³/mol. The molecule has 0 saturated heterocycles. The summed E-state index contributed by atoms with van der Waals surface area (Å²) in [5, 5.41) is 3.37. The van der Waals surface area contributed by atoms with Crippen molar-refractivity contribution in [3.63, 3.8) is 0 Å². The molecule has 1 N–H and O–H groups in total. The lowest BCUT2D eigenvalue weighted by atomic mass is 9.83. The van der Waals surface area contributed by atoms with Crippen LogP contribution in [-0.2, 0) is 9.84 Å². The summed E-state index contributed by atoms with van der Waals surface area (Å²) in [7, 11) is -0.936. The molecule has 96 valence electrons. The fraction of sp³-hybridized carbons (Fsp3) is 0.571. The van der Waals surface area contributed by atoms with E-state index in [0.29, 0.717) is 6.73 Å². The molecular formula is C14H25NOSi. The molecule has 2 nitrogen and oxygen atoms in total. The van der Waals surface area contributed by atoms with Gasteiger partial charge in [-0.1, -0.05) is 32.9 Å². The highest BCUT2D eigenvalue weighted by molar-refractivity contribution is 6.48. The van der Waals surface area contributed by atoms with Gasteiger partial charge in [-0.3, -0.25) is 0 Å². The van der Waals surface area contributed by atoms with E-state index in [1.807, 2.05) is 0 Å². The molecule has 0 saturated carbocycles. The molecule has 1 rings (SSSR count). The topological polar surface area (TPSA) is 21.3 Å². The van der Waals surface area contributed by atoms with E-state index in [1.165, 1.54) is 16.8 Å². The van der Waals surface area contributed by atoms with Crippen LogP contribution in [0.15, 0.2) is 18.2 Å². The maximum atomic E-state index is 5.65. The summed E-state index contributed by atoms with van der Waals surface area (Å²) in [4.78, 5) is 0. The Kier molecular flexibility index (Phi) is 4.77. The molecule has 3 heteroatoms. The van der Waals surface area contributed by atoms with Crippen molar-refractivity contribution in [2.45, 2.75) is 46.2 Å². The fourth-order valence-corrected chi connectivity index (χ4v) is 2.34. The first-order valence-corrected chi connectivity index (χ1v) is 9.06. The minimum absolute atomic E-state index is 0.190. The number of nitrogens with one attached hydrogen (secondary N) is 1. The lowest BCUT2D eigenvalue weighted by Crippen LogP contribution is -2.17. The third-order valence-corrected chi connectivity index (χ3v) is 3.65.